The van der Waals surface area contributed by atoms with Crippen LogP contribution >= 0.6 is 11.6 Å². The largest absolute Gasteiger partial charge is 0.466 e. The molecule has 1 N–H and O–H groups in total. The summed E-state index contributed by atoms with van der Waals surface area (Å²) < 4.78 is 30.7. The minimum absolute atomic E-state index is 0.0418. The monoisotopic (exact) mass is 496 g/mol. The van der Waals surface area contributed by atoms with Crippen LogP contribution in [0.3, 0.4) is 0 Å². The Kier molecular flexibility index (Phi) is 7.80. The Morgan fingerprint density at radius 1 is 1.12 bits per heavy atom. The van der Waals surface area contributed by atoms with E-state index in [0.717, 1.165) is 10.3 Å². The normalized spacial score (nSPS) is 16.6. The van der Waals surface area contributed by atoms with Gasteiger partial charge in [-0.15, -0.1) is 0 Å². The summed E-state index contributed by atoms with van der Waals surface area (Å²) in [7, 11) is -3.75. The van der Waals surface area contributed by atoms with Crippen LogP contribution in [0.5, 0.6) is 0 Å². The first-order chi connectivity index (χ1) is 15.6. The second-order valence-electron chi connectivity index (χ2n) is 7.70. The number of hydrogen-bond donors (Lipinski definition) is 1. The van der Waals surface area contributed by atoms with E-state index in [9.17, 15) is 27.9 Å². The average Bonchev–Trinajstić information content (AvgIpc) is 2.77. The van der Waals surface area contributed by atoms with Gasteiger partial charge in [-0.2, -0.15) is 0 Å². The number of carboxylic acid groups (broad SMARTS) is 1. The van der Waals surface area contributed by atoms with E-state index in [0.29, 0.717) is 10.4 Å². The van der Waals surface area contributed by atoms with Gasteiger partial charge in [-0.3, -0.25) is 9.59 Å². The lowest BCUT2D eigenvalue weighted by Gasteiger charge is -2.40. The number of hydrogen-bond acceptors (Lipinski definition) is 6. The van der Waals surface area contributed by atoms with E-state index in [1.54, 1.807) is 37.3 Å². The molecule has 0 radical (unpaired) electrons. The maximum atomic E-state index is 12.9. The number of rotatable bonds is 7. The summed E-state index contributed by atoms with van der Waals surface area (Å²) >= 11 is 5.97. The van der Waals surface area contributed by atoms with Crippen LogP contribution in [0.4, 0.5) is 4.79 Å². The summed E-state index contributed by atoms with van der Waals surface area (Å²) in [6.45, 7) is 1.93. The molecule has 9 nitrogen and oxygen atoms in total. The fourth-order valence-corrected chi connectivity index (χ4v) is 5.26. The van der Waals surface area contributed by atoms with Gasteiger partial charge in [0.25, 0.3) is 0 Å². The van der Waals surface area contributed by atoms with Gasteiger partial charge in [0.05, 0.1) is 29.7 Å². The van der Waals surface area contributed by atoms with Gasteiger partial charge >= 0.3 is 12.1 Å². The molecule has 11 heteroatoms. The quantitative estimate of drug-likeness (QED) is 0.585. The molecule has 178 valence electrons. The Morgan fingerprint density at radius 3 is 2.52 bits per heavy atom. The Labute approximate surface area is 196 Å². The molecule has 0 saturated carbocycles. The van der Waals surface area contributed by atoms with E-state index in [2.05, 4.69) is 0 Å². The topological polar surface area (TPSA) is 121 Å². The van der Waals surface area contributed by atoms with Gasteiger partial charge < -0.3 is 19.6 Å². The predicted octanol–water partition coefficient (Wildman–Crippen LogP) is 2.80. The highest BCUT2D eigenvalue weighted by atomic mass is 35.5. The molecule has 1 atom stereocenters. The number of benzene rings is 2. The number of ether oxygens (including phenoxy) is 1. The van der Waals surface area contributed by atoms with Gasteiger partial charge in [0.1, 0.15) is 0 Å². The van der Waals surface area contributed by atoms with Gasteiger partial charge in [-0.05, 0) is 42.0 Å². The van der Waals surface area contributed by atoms with Crippen molar-refractivity contribution in [3.63, 3.8) is 0 Å². The average molecular weight is 497 g/mol. The molecule has 3 rings (SSSR count). The molecule has 1 fully saturated rings. The number of sulfone groups is 1. The molecule has 2 aromatic carbocycles. The maximum absolute atomic E-state index is 12.9. The summed E-state index contributed by atoms with van der Waals surface area (Å²) in [6.07, 6.45) is -1.59. The van der Waals surface area contributed by atoms with Crippen LogP contribution in [-0.4, -0.2) is 79.3 Å². The number of esters is 1. The summed E-state index contributed by atoms with van der Waals surface area (Å²) in [6, 6.07) is 9.10. The standard InChI is InChI=1S/C22H25ClN2O7S/c1-2-32-21(27)13-18-14-24(22(28)29)8-9-25(18)20(26)7-10-33(30,31)19-6-4-15-11-17(23)5-3-16(15)12-19/h3-6,11-12,18H,2,7-10,13-14H2,1H3,(H,28,29). The molecule has 1 unspecified atom stereocenters. The lowest BCUT2D eigenvalue weighted by atomic mass is 10.1. The SMILES string of the molecule is CCOC(=O)CC1CN(C(=O)O)CCN1C(=O)CCS(=O)(=O)c1ccc2cc(Cl)ccc2c1. The lowest BCUT2D eigenvalue weighted by Crippen LogP contribution is -2.57. The van der Waals surface area contributed by atoms with Crippen LogP contribution in [0.1, 0.15) is 19.8 Å². The van der Waals surface area contributed by atoms with Gasteiger partial charge in [0.2, 0.25) is 5.91 Å². The van der Waals surface area contributed by atoms with Crippen LogP contribution < -0.4 is 0 Å². The molecule has 2 amide bonds. The first-order valence-electron chi connectivity index (χ1n) is 10.5. The fourth-order valence-electron chi connectivity index (χ4n) is 3.82. The van der Waals surface area contributed by atoms with Gasteiger partial charge in [0.15, 0.2) is 9.84 Å². The minimum Gasteiger partial charge on any atom is -0.466 e. The molecular formula is C22H25ClN2O7S. The Hall–Kier alpha value is -2.85. The van der Waals surface area contributed by atoms with Crippen molar-refractivity contribution in [2.75, 3.05) is 32.0 Å². The molecule has 0 aliphatic carbocycles. The van der Waals surface area contributed by atoms with Crippen molar-refractivity contribution in [1.29, 1.82) is 0 Å². The molecule has 1 aliphatic heterocycles. The van der Waals surface area contributed by atoms with Crippen molar-refractivity contribution in [1.82, 2.24) is 9.80 Å². The molecule has 2 aromatic rings. The van der Waals surface area contributed by atoms with Crippen molar-refractivity contribution in [2.24, 2.45) is 0 Å². The van der Waals surface area contributed by atoms with Crippen LogP contribution in [0, 0.1) is 0 Å². The zero-order valence-electron chi connectivity index (χ0n) is 18.1. The van der Waals surface area contributed by atoms with Crippen molar-refractivity contribution >= 4 is 50.2 Å². The minimum atomic E-state index is -3.75. The van der Waals surface area contributed by atoms with Crippen LogP contribution in [0.15, 0.2) is 41.3 Å². The van der Waals surface area contributed by atoms with Crippen LogP contribution in [0.2, 0.25) is 5.02 Å². The van der Waals surface area contributed by atoms with E-state index in [-0.39, 0.29) is 44.0 Å². The maximum Gasteiger partial charge on any atom is 0.407 e. The summed E-state index contributed by atoms with van der Waals surface area (Å²) in [5.74, 6) is -1.40. The smallest absolute Gasteiger partial charge is 0.407 e. The molecular weight excluding hydrogens is 472 g/mol. The Morgan fingerprint density at radius 2 is 1.82 bits per heavy atom. The van der Waals surface area contributed by atoms with E-state index >= 15 is 0 Å². The first-order valence-corrected chi connectivity index (χ1v) is 12.5. The van der Waals surface area contributed by atoms with E-state index in [1.165, 1.54) is 11.0 Å². The predicted molar refractivity (Wildman–Crippen MR) is 122 cm³/mol. The molecule has 0 bridgehead atoms. The molecule has 33 heavy (non-hydrogen) atoms. The number of amides is 2. The number of piperazine rings is 1. The summed E-state index contributed by atoms with van der Waals surface area (Å²) in [5.41, 5.74) is 0. The van der Waals surface area contributed by atoms with Crippen LogP contribution in [-0.2, 0) is 24.2 Å². The highest BCUT2D eigenvalue weighted by Gasteiger charge is 2.34. The molecule has 1 heterocycles. The Balaban J connectivity index is 1.71. The number of fused-ring (bicyclic) bond motifs is 1. The van der Waals surface area contributed by atoms with E-state index in [1.807, 2.05) is 0 Å². The lowest BCUT2D eigenvalue weighted by molar-refractivity contribution is -0.147. The third kappa shape index (κ3) is 6.14. The molecule has 1 saturated heterocycles. The molecule has 0 aromatic heterocycles. The number of nitrogens with zero attached hydrogens (tertiary/aromatic N) is 2. The van der Waals surface area contributed by atoms with Crippen LogP contribution in [0.25, 0.3) is 10.8 Å². The third-order valence-electron chi connectivity index (χ3n) is 5.50. The highest BCUT2D eigenvalue weighted by molar-refractivity contribution is 7.91. The number of carbonyl (C=O) groups excluding carboxylic acids is 2. The van der Waals surface area contributed by atoms with Crippen molar-refractivity contribution < 1.29 is 32.6 Å². The van der Waals surface area contributed by atoms with E-state index in [4.69, 9.17) is 16.3 Å². The van der Waals surface area contributed by atoms with Crippen molar-refractivity contribution in [3.05, 3.63) is 41.4 Å². The summed E-state index contributed by atoms with van der Waals surface area (Å²) in [4.78, 5) is 38.8. The van der Waals surface area contributed by atoms with E-state index < -0.39 is 39.6 Å². The van der Waals surface area contributed by atoms with Gasteiger partial charge in [-0.25, -0.2) is 13.2 Å². The second kappa shape index (κ2) is 10.4. The number of halogens is 1. The zero-order valence-corrected chi connectivity index (χ0v) is 19.6. The molecule has 1 aliphatic rings. The summed E-state index contributed by atoms with van der Waals surface area (Å²) in [5, 5.41) is 11.3. The molecule has 0 spiro atoms. The van der Waals surface area contributed by atoms with Crippen molar-refractivity contribution in [3.8, 4) is 0 Å². The Bertz CT molecular complexity index is 1170. The zero-order chi connectivity index (χ0) is 24.2. The highest BCUT2D eigenvalue weighted by Crippen LogP contribution is 2.24. The van der Waals surface area contributed by atoms with Crippen molar-refractivity contribution in [2.45, 2.75) is 30.7 Å². The van der Waals surface area contributed by atoms with Gasteiger partial charge in [0, 0.05) is 31.1 Å². The second-order valence-corrected chi connectivity index (χ2v) is 10.2. The van der Waals surface area contributed by atoms with Gasteiger partial charge in [-0.1, -0.05) is 23.7 Å². The number of carbonyl (C=O) groups is 3. The fraction of sp³-hybridized carbons (Fsp3) is 0.409. The first kappa shape index (κ1) is 24.8. The third-order valence-corrected chi connectivity index (χ3v) is 7.45.